The normalized spacial score (nSPS) is 15.7. The summed E-state index contributed by atoms with van der Waals surface area (Å²) in [7, 11) is -9.72. The van der Waals surface area contributed by atoms with E-state index in [0.717, 1.165) is 0 Å². The third-order valence-electron chi connectivity index (χ3n) is 0. The van der Waals surface area contributed by atoms with Crippen LogP contribution in [0.3, 0.4) is 0 Å². The van der Waals surface area contributed by atoms with E-state index in [9.17, 15) is 0 Å². The Morgan fingerprint density at radius 3 is 1.00 bits per heavy atom. The molecule has 0 aromatic carbocycles. The maximum absolute atomic E-state index is 8.74. The topological polar surface area (TPSA) is 156 Å². The van der Waals surface area contributed by atoms with Crippen LogP contribution < -0.4 is 0 Å². The van der Waals surface area contributed by atoms with Crippen LogP contribution in [-0.2, 0) is 10.4 Å². The van der Waals surface area contributed by atoms with Gasteiger partial charge in [0.05, 0.1) is 0 Å². The van der Waals surface area contributed by atoms with E-state index in [1.165, 1.54) is 0 Å². The van der Waals surface area contributed by atoms with Crippen LogP contribution in [0.2, 0.25) is 0 Å². The second-order valence-corrected chi connectivity index (χ2v) is 5.35. The molecule has 0 bridgehead atoms. The Labute approximate surface area is 62.6 Å². The molecule has 72 valence electrons. The summed E-state index contributed by atoms with van der Waals surface area (Å²) in [6.07, 6.45) is 0. The van der Waals surface area contributed by atoms with Crippen molar-refractivity contribution in [3.8, 4) is 0 Å². The van der Waals surface area contributed by atoms with Crippen LogP contribution in [-0.4, -0.2) is 43.8 Å². The van der Waals surface area contributed by atoms with Gasteiger partial charge >= 0.3 is 44.1 Å². The Kier molecular flexibility index (Phi) is 4.05. The smallest absolute Gasteiger partial charge is 0.264 e. The first-order valence-electron chi connectivity index (χ1n) is 1.95. The fourth-order valence-corrected chi connectivity index (χ4v) is 0. The summed E-state index contributed by atoms with van der Waals surface area (Å²) < 4.78 is 31.6. The molecule has 0 aliphatic heterocycles. The van der Waals surface area contributed by atoms with Crippen molar-refractivity contribution in [1.82, 2.24) is 0 Å². The van der Waals surface area contributed by atoms with Crippen molar-refractivity contribution in [1.29, 1.82) is 0 Å². The van der Waals surface area contributed by atoms with Gasteiger partial charge in [0.2, 0.25) is 0 Å². The molecule has 0 fully saturated rings. The monoisotopic (exact) mass is 212 g/mol. The van der Waals surface area contributed by atoms with E-state index in [1.54, 1.807) is 0 Å². The number of rotatable bonds is 0. The largest absolute Gasteiger partial charge is 0.394 e. The molecular weight excluding hydrogens is 203 g/mol. The quantitative estimate of drug-likeness (QED) is 0.202. The average Bonchev–Trinajstić information content (AvgIpc) is 1.07. The van der Waals surface area contributed by atoms with E-state index in [0.29, 0.717) is 6.66 Å². The summed E-state index contributed by atoms with van der Waals surface area (Å²) in [5, 5.41) is 0. The molecule has 0 saturated heterocycles. The Balaban J connectivity index is 0. The molecule has 10 heteroatoms. The maximum Gasteiger partial charge on any atom is 0.394 e. The summed E-state index contributed by atoms with van der Waals surface area (Å²) in [4.78, 5) is 31.1. The molecule has 0 rings (SSSR count). The van der Waals surface area contributed by atoms with Gasteiger partial charge in [0.25, 0.3) is 0 Å². The third kappa shape index (κ3) is 34300. The van der Waals surface area contributed by atoms with Crippen LogP contribution in [0.4, 0.5) is 0 Å². The van der Waals surface area contributed by atoms with Crippen LogP contribution in [0, 0.1) is 0 Å². The molecule has 0 saturated carbocycles. The SMILES string of the molecule is CP(O)(O)(O)O.O=S(=O)(O)O. The summed E-state index contributed by atoms with van der Waals surface area (Å²) in [6, 6.07) is 0. The molecule has 0 aliphatic rings. The van der Waals surface area contributed by atoms with Crippen molar-refractivity contribution in [3.05, 3.63) is 0 Å². The third-order valence-corrected chi connectivity index (χ3v) is 0. The van der Waals surface area contributed by atoms with Crippen molar-refractivity contribution in [3.63, 3.8) is 0 Å². The summed E-state index contributed by atoms with van der Waals surface area (Å²) in [5.74, 6) is 0. The summed E-state index contributed by atoms with van der Waals surface area (Å²) in [5.41, 5.74) is 0. The maximum atomic E-state index is 8.74. The minimum Gasteiger partial charge on any atom is -0.264 e. The molecule has 0 unspecified atom stereocenters. The first-order valence-corrected chi connectivity index (χ1v) is 5.84. The summed E-state index contributed by atoms with van der Waals surface area (Å²) >= 11 is 0. The van der Waals surface area contributed by atoms with Gasteiger partial charge in [-0.2, -0.15) is 8.42 Å². The van der Waals surface area contributed by atoms with Gasteiger partial charge in [0, 0.05) is 0 Å². The predicted octanol–water partition coefficient (Wildman–Crippen LogP) is -1.85. The van der Waals surface area contributed by atoms with Crippen molar-refractivity contribution in [2.24, 2.45) is 0 Å². The fraction of sp³-hybridized carbons (Fsp3) is 1.00. The van der Waals surface area contributed by atoms with Crippen molar-refractivity contribution < 1.29 is 37.1 Å². The molecule has 0 radical (unpaired) electrons. The molecule has 6 N–H and O–H groups in total. The zero-order chi connectivity index (χ0) is 9.95. The molecule has 0 spiro atoms. The van der Waals surface area contributed by atoms with E-state index in [4.69, 9.17) is 37.1 Å². The van der Waals surface area contributed by atoms with Crippen LogP contribution >= 0.6 is 7.51 Å². The van der Waals surface area contributed by atoms with Crippen molar-refractivity contribution in [2.75, 3.05) is 6.66 Å². The van der Waals surface area contributed by atoms with Crippen LogP contribution in [0.1, 0.15) is 0 Å². The van der Waals surface area contributed by atoms with Gasteiger partial charge in [-0.25, -0.2) is 0 Å². The summed E-state index contributed by atoms with van der Waals surface area (Å²) in [6.45, 7) is 0.561. The van der Waals surface area contributed by atoms with Crippen LogP contribution in [0.15, 0.2) is 0 Å². The second kappa shape index (κ2) is 3.25. The Morgan fingerprint density at radius 2 is 1.00 bits per heavy atom. The van der Waals surface area contributed by atoms with Crippen LogP contribution in [0.5, 0.6) is 0 Å². The standard InChI is InChI=1S/CH7O4P.H2O4S/c1-6(2,3,4)5;1-5(2,3)4/h2-5H,1H3;(H2,1,2,3,4). The van der Waals surface area contributed by atoms with E-state index in [2.05, 4.69) is 0 Å². The van der Waals surface area contributed by atoms with Gasteiger partial charge in [-0.15, -0.1) is 0 Å². The van der Waals surface area contributed by atoms with Gasteiger partial charge in [-0.1, -0.05) is 0 Å². The fourth-order valence-electron chi connectivity index (χ4n) is 0. The van der Waals surface area contributed by atoms with Gasteiger partial charge in [0.15, 0.2) is 0 Å². The Bertz CT molecular complexity index is 179. The predicted molar refractivity (Wildman–Crippen MR) is 35.9 cm³/mol. The molecular formula is CH9O8PS. The molecule has 0 amide bonds. The van der Waals surface area contributed by atoms with Crippen molar-refractivity contribution >= 4 is 17.9 Å². The first kappa shape index (κ1) is 13.7. The number of hydrogen-bond acceptors (Lipinski definition) is 6. The first-order chi connectivity index (χ1) is 4.24. The van der Waals surface area contributed by atoms with Gasteiger partial charge in [-0.3, -0.25) is 9.11 Å². The van der Waals surface area contributed by atoms with E-state index < -0.39 is 17.9 Å². The van der Waals surface area contributed by atoms with E-state index >= 15 is 0 Å². The second-order valence-electron chi connectivity index (χ2n) is 1.78. The molecule has 0 aromatic heterocycles. The number of hydrogen-bond donors (Lipinski definition) is 6. The van der Waals surface area contributed by atoms with Gasteiger partial charge < -0.3 is 0 Å². The van der Waals surface area contributed by atoms with Gasteiger partial charge in [-0.05, 0) is 0 Å². The molecule has 8 nitrogen and oxygen atoms in total. The van der Waals surface area contributed by atoms with E-state index in [1.807, 2.05) is 0 Å². The minimum atomic E-state index is -5.05. The van der Waals surface area contributed by atoms with E-state index in [-0.39, 0.29) is 0 Å². The zero-order valence-electron chi connectivity index (χ0n) is 5.36. The average molecular weight is 212 g/mol. The van der Waals surface area contributed by atoms with Gasteiger partial charge in [0.1, 0.15) is 0 Å². The molecule has 0 heterocycles. The molecule has 0 aliphatic carbocycles. The zero-order valence-corrected chi connectivity index (χ0v) is 7.07. The Hall–Kier alpha value is 0.140. The molecule has 11 heavy (non-hydrogen) atoms. The Morgan fingerprint density at radius 1 is 1.00 bits per heavy atom. The molecule has 0 atom stereocenters. The van der Waals surface area contributed by atoms with Crippen LogP contribution in [0.25, 0.3) is 0 Å². The molecule has 0 aromatic rings. The van der Waals surface area contributed by atoms with Crippen molar-refractivity contribution in [2.45, 2.75) is 0 Å². The minimum absolute atomic E-state index is 0.561.